The predicted octanol–water partition coefficient (Wildman–Crippen LogP) is 1.07. The molecule has 1 fully saturated rings. The van der Waals surface area contributed by atoms with Crippen molar-refractivity contribution in [1.82, 2.24) is 10.2 Å². The molecule has 0 bridgehead atoms. The van der Waals surface area contributed by atoms with Crippen LogP contribution in [0.25, 0.3) is 6.08 Å². The van der Waals surface area contributed by atoms with Crippen LogP contribution in [0.4, 0.5) is 0 Å². The fraction of sp³-hybridized carbons (Fsp3) is 0.360. The highest BCUT2D eigenvalue weighted by Crippen LogP contribution is 2.25. The molecule has 0 unspecified atom stereocenters. The van der Waals surface area contributed by atoms with Gasteiger partial charge in [0, 0.05) is 31.0 Å². The Morgan fingerprint density at radius 1 is 1.10 bits per heavy atom. The molecule has 0 aromatic heterocycles. The first-order valence-corrected chi connectivity index (χ1v) is 11.0. The van der Waals surface area contributed by atoms with Gasteiger partial charge in [0.2, 0.25) is 11.8 Å². The highest BCUT2D eigenvalue weighted by atomic mass is 16.5. The second-order valence-corrected chi connectivity index (χ2v) is 8.13. The lowest BCUT2D eigenvalue weighted by Gasteiger charge is -2.32. The number of quaternary nitrogens is 1. The first-order valence-electron chi connectivity index (χ1n) is 11.0. The molecule has 2 aliphatic rings. The average Bonchev–Trinajstić information content (AvgIpc) is 3.27. The molecule has 0 radical (unpaired) electrons. The second kappa shape index (κ2) is 10.3. The zero-order chi connectivity index (χ0) is 21.5. The molecule has 31 heavy (non-hydrogen) atoms. The van der Waals surface area contributed by atoms with Crippen LogP contribution in [0.2, 0.25) is 0 Å². The van der Waals surface area contributed by atoms with Crippen LogP contribution in [0.3, 0.4) is 0 Å². The van der Waals surface area contributed by atoms with Gasteiger partial charge >= 0.3 is 0 Å². The summed E-state index contributed by atoms with van der Waals surface area (Å²) in [5.41, 5.74) is 3.62. The van der Waals surface area contributed by atoms with Gasteiger partial charge in [-0.1, -0.05) is 30.3 Å². The number of rotatable bonds is 7. The van der Waals surface area contributed by atoms with Gasteiger partial charge < -0.3 is 19.9 Å². The Labute approximate surface area is 183 Å². The molecule has 0 atom stereocenters. The molecule has 0 saturated carbocycles. The lowest BCUT2D eigenvalue weighted by molar-refractivity contribution is -0.917. The van der Waals surface area contributed by atoms with E-state index in [2.05, 4.69) is 23.5 Å². The highest BCUT2D eigenvalue weighted by Gasteiger charge is 2.24. The number of benzene rings is 2. The van der Waals surface area contributed by atoms with Gasteiger partial charge in [-0.05, 0) is 35.4 Å². The van der Waals surface area contributed by atoms with E-state index in [1.54, 1.807) is 6.08 Å². The normalized spacial score (nSPS) is 16.2. The fourth-order valence-corrected chi connectivity index (χ4v) is 4.13. The summed E-state index contributed by atoms with van der Waals surface area (Å²) in [5, 5.41) is 2.80. The second-order valence-electron chi connectivity index (χ2n) is 8.13. The van der Waals surface area contributed by atoms with Crippen molar-refractivity contribution in [3.05, 3.63) is 71.3 Å². The first-order chi connectivity index (χ1) is 15.2. The Morgan fingerprint density at radius 3 is 2.71 bits per heavy atom. The number of carbonyl (C=O) groups is 2. The summed E-state index contributed by atoms with van der Waals surface area (Å²) in [6.07, 6.45) is 4.62. The summed E-state index contributed by atoms with van der Waals surface area (Å²) in [6.45, 7) is 5.57. The van der Waals surface area contributed by atoms with E-state index in [1.807, 2.05) is 35.2 Å². The topological polar surface area (TPSA) is 63.1 Å². The number of amides is 2. The Balaban J connectivity index is 1.15. The minimum Gasteiger partial charge on any atom is -0.493 e. The summed E-state index contributed by atoms with van der Waals surface area (Å²) in [5.74, 6) is 0.962. The molecule has 2 aliphatic heterocycles. The lowest BCUT2D eigenvalue weighted by Crippen LogP contribution is -3.13. The molecule has 162 valence electrons. The van der Waals surface area contributed by atoms with Crippen molar-refractivity contribution in [2.24, 2.45) is 0 Å². The molecule has 0 aliphatic carbocycles. The summed E-state index contributed by atoms with van der Waals surface area (Å²) < 4.78 is 5.58. The smallest absolute Gasteiger partial charge is 0.244 e. The van der Waals surface area contributed by atoms with E-state index < -0.39 is 0 Å². The summed E-state index contributed by atoms with van der Waals surface area (Å²) in [6, 6.07) is 16.2. The maximum Gasteiger partial charge on any atom is 0.244 e. The van der Waals surface area contributed by atoms with E-state index in [-0.39, 0.29) is 11.8 Å². The number of nitrogens with one attached hydrogen (secondary N) is 2. The van der Waals surface area contributed by atoms with Crippen LogP contribution in [0.5, 0.6) is 5.75 Å². The number of fused-ring (bicyclic) bond motifs is 1. The molecule has 1 saturated heterocycles. The molecule has 2 amide bonds. The standard InChI is InChI=1S/C25H29N3O3/c29-24(9-7-20-4-2-1-3-5-20)26-12-10-25(30)28-15-13-27(14-16-28)19-21-6-8-23-22(18-21)11-17-31-23/h1-9,18H,10-17,19H2,(H,26,29)/p+1/b9-7+. The van der Waals surface area contributed by atoms with Crippen molar-refractivity contribution in [1.29, 1.82) is 0 Å². The quantitative estimate of drug-likeness (QED) is 0.659. The number of ether oxygens (including phenoxy) is 1. The van der Waals surface area contributed by atoms with Crippen molar-refractivity contribution in [2.75, 3.05) is 39.3 Å². The number of nitrogens with zero attached hydrogens (tertiary/aromatic N) is 1. The molecule has 2 aromatic rings. The minimum absolute atomic E-state index is 0.112. The lowest BCUT2D eigenvalue weighted by atomic mass is 10.1. The van der Waals surface area contributed by atoms with Crippen LogP contribution in [0, 0.1) is 0 Å². The van der Waals surface area contributed by atoms with Crippen LogP contribution >= 0.6 is 0 Å². The van der Waals surface area contributed by atoms with E-state index >= 15 is 0 Å². The van der Waals surface area contributed by atoms with Crippen molar-refractivity contribution >= 4 is 17.9 Å². The third-order valence-corrected chi connectivity index (χ3v) is 5.90. The number of hydrogen-bond acceptors (Lipinski definition) is 3. The van der Waals surface area contributed by atoms with Crippen molar-refractivity contribution < 1.29 is 19.2 Å². The molecule has 6 heteroatoms. The van der Waals surface area contributed by atoms with Gasteiger partial charge in [-0.25, -0.2) is 0 Å². The molecule has 2 heterocycles. The Hall–Kier alpha value is -3.12. The summed E-state index contributed by atoms with van der Waals surface area (Å²) in [4.78, 5) is 27.8. The predicted molar refractivity (Wildman–Crippen MR) is 120 cm³/mol. The third-order valence-electron chi connectivity index (χ3n) is 5.90. The Bertz CT molecular complexity index is 934. The maximum atomic E-state index is 12.5. The Kier molecular flexibility index (Phi) is 6.99. The first kappa shape index (κ1) is 21.1. The maximum absolute atomic E-state index is 12.5. The van der Waals surface area contributed by atoms with E-state index in [1.165, 1.54) is 22.1 Å². The van der Waals surface area contributed by atoms with Gasteiger partial charge in [-0.2, -0.15) is 0 Å². The largest absolute Gasteiger partial charge is 0.493 e. The number of hydrogen-bond donors (Lipinski definition) is 2. The Morgan fingerprint density at radius 2 is 1.90 bits per heavy atom. The zero-order valence-electron chi connectivity index (χ0n) is 17.8. The average molecular weight is 421 g/mol. The molecule has 2 aromatic carbocycles. The van der Waals surface area contributed by atoms with Crippen LogP contribution in [-0.2, 0) is 22.6 Å². The van der Waals surface area contributed by atoms with Gasteiger partial charge in [0.15, 0.2) is 0 Å². The van der Waals surface area contributed by atoms with E-state index in [0.29, 0.717) is 13.0 Å². The molecule has 6 nitrogen and oxygen atoms in total. The summed E-state index contributed by atoms with van der Waals surface area (Å²) >= 11 is 0. The molecule has 0 spiro atoms. The van der Waals surface area contributed by atoms with Crippen LogP contribution in [0.15, 0.2) is 54.6 Å². The molecular weight excluding hydrogens is 390 g/mol. The van der Waals surface area contributed by atoms with Gasteiger partial charge in [-0.15, -0.1) is 0 Å². The van der Waals surface area contributed by atoms with Crippen LogP contribution in [0.1, 0.15) is 23.1 Å². The van der Waals surface area contributed by atoms with Crippen molar-refractivity contribution in [2.45, 2.75) is 19.4 Å². The van der Waals surface area contributed by atoms with E-state index in [9.17, 15) is 9.59 Å². The SMILES string of the molecule is O=C(/C=C/c1ccccc1)NCCC(=O)N1CC[NH+](Cc2ccc3c(c2)CCO3)CC1. The van der Waals surface area contributed by atoms with Crippen molar-refractivity contribution in [3.8, 4) is 5.75 Å². The monoisotopic (exact) mass is 420 g/mol. The van der Waals surface area contributed by atoms with E-state index in [0.717, 1.165) is 57.1 Å². The van der Waals surface area contributed by atoms with Crippen LogP contribution < -0.4 is 15.0 Å². The van der Waals surface area contributed by atoms with Gasteiger partial charge in [0.05, 0.1) is 32.8 Å². The van der Waals surface area contributed by atoms with Crippen molar-refractivity contribution in [3.63, 3.8) is 0 Å². The van der Waals surface area contributed by atoms with Gasteiger partial charge in [-0.3, -0.25) is 9.59 Å². The molecule has 2 N–H and O–H groups in total. The van der Waals surface area contributed by atoms with Gasteiger partial charge in [0.1, 0.15) is 12.3 Å². The molecule has 4 rings (SSSR count). The highest BCUT2D eigenvalue weighted by molar-refractivity contribution is 5.92. The number of carbonyl (C=O) groups excluding carboxylic acids is 2. The molecular formula is C25H30N3O3+. The number of piperazine rings is 1. The summed E-state index contributed by atoms with van der Waals surface area (Å²) in [7, 11) is 0. The van der Waals surface area contributed by atoms with Gasteiger partial charge in [0.25, 0.3) is 0 Å². The zero-order valence-corrected chi connectivity index (χ0v) is 17.8. The fourth-order valence-electron chi connectivity index (χ4n) is 4.13. The third kappa shape index (κ3) is 5.95. The van der Waals surface area contributed by atoms with E-state index in [4.69, 9.17) is 4.74 Å². The van der Waals surface area contributed by atoms with Crippen LogP contribution in [-0.4, -0.2) is 56.0 Å². The minimum atomic E-state index is -0.175.